The van der Waals surface area contributed by atoms with E-state index in [0.29, 0.717) is 5.56 Å². The van der Waals surface area contributed by atoms with Crippen molar-refractivity contribution in [1.82, 2.24) is 10.3 Å². The van der Waals surface area contributed by atoms with Gasteiger partial charge in [-0.2, -0.15) is 0 Å². The second-order valence-corrected chi connectivity index (χ2v) is 6.70. The minimum atomic E-state index is -0.689. The van der Waals surface area contributed by atoms with Crippen LogP contribution in [-0.2, 0) is 16.1 Å². The molecular formula is C21H18ClFN2O3. The van der Waals surface area contributed by atoms with E-state index in [2.05, 4.69) is 10.3 Å². The van der Waals surface area contributed by atoms with Gasteiger partial charge in [0.1, 0.15) is 24.1 Å². The number of rotatable bonds is 5. The third-order valence-corrected chi connectivity index (χ3v) is 4.77. The first-order chi connectivity index (χ1) is 13.4. The van der Waals surface area contributed by atoms with Gasteiger partial charge in [0.05, 0.1) is 11.1 Å². The molecule has 0 saturated heterocycles. The molecular weight excluding hydrogens is 383 g/mol. The molecule has 1 aromatic heterocycles. The number of nitrogens with one attached hydrogen (secondary N) is 1. The highest BCUT2D eigenvalue weighted by Crippen LogP contribution is 2.25. The molecule has 0 bridgehead atoms. The van der Waals surface area contributed by atoms with E-state index >= 15 is 0 Å². The summed E-state index contributed by atoms with van der Waals surface area (Å²) in [5, 5.41) is 3.48. The van der Waals surface area contributed by atoms with Crippen molar-refractivity contribution in [2.45, 2.75) is 20.5 Å². The second kappa shape index (κ2) is 8.35. The lowest BCUT2D eigenvalue weighted by Gasteiger charge is -2.10. The Balaban J connectivity index is 1.61. The zero-order valence-electron chi connectivity index (χ0n) is 15.4. The van der Waals surface area contributed by atoms with Crippen LogP contribution in [-0.4, -0.2) is 23.4 Å². The van der Waals surface area contributed by atoms with Gasteiger partial charge in [-0.15, -0.1) is 0 Å². The number of benzene rings is 2. The first-order valence-corrected chi connectivity index (χ1v) is 8.98. The zero-order valence-corrected chi connectivity index (χ0v) is 16.1. The topological polar surface area (TPSA) is 68.3 Å². The maximum atomic E-state index is 13.6. The van der Waals surface area contributed by atoms with Crippen molar-refractivity contribution in [3.63, 3.8) is 0 Å². The minimum Gasteiger partial charge on any atom is -0.459 e. The number of pyridine rings is 1. The summed E-state index contributed by atoms with van der Waals surface area (Å²) < 4.78 is 18.7. The number of ether oxygens (including phenoxy) is 1. The van der Waals surface area contributed by atoms with E-state index in [-0.39, 0.29) is 23.9 Å². The van der Waals surface area contributed by atoms with Crippen LogP contribution in [0.2, 0.25) is 5.15 Å². The number of aryl methyl sites for hydroxylation is 2. The molecule has 1 N–H and O–H groups in total. The molecule has 144 valence electrons. The third kappa shape index (κ3) is 4.28. The fourth-order valence-electron chi connectivity index (χ4n) is 2.71. The van der Waals surface area contributed by atoms with E-state index in [1.165, 1.54) is 24.3 Å². The standard InChI is InChI=1S/C21H18ClFN2O3/c1-12-7-8-14-9-15(20(22)25-19(14)13(12)2)11-28-18(26)10-24-21(27)16-5-3-4-6-17(16)23/h3-9H,10-11H2,1-2H3,(H,24,27). The Kier molecular flexibility index (Phi) is 5.90. The van der Waals surface area contributed by atoms with Crippen molar-refractivity contribution < 1.29 is 18.7 Å². The number of carbonyl (C=O) groups excluding carboxylic acids is 2. The lowest BCUT2D eigenvalue weighted by Crippen LogP contribution is -2.31. The van der Waals surface area contributed by atoms with E-state index < -0.39 is 17.7 Å². The highest BCUT2D eigenvalue weighted by atomic mass is 35.5. The first-order valence-electron chi connectivity index (χ1n) is 8.60. The molecule has 5 nitrogen and oxygen atoms in total. The molecule has 0 aliphatic carbocycles. The number of carbonyl (C=O) groups is 2. The van der Waals surface area contributed by atoms with Gasteiger partial charge in [-0.25, -0.2) is 9.37 Å². The molecule has 0 fully saturated rings. The molecule has 7 heteroatoms. The second-order valence-electron chi connectivity index (χ2n) is 6.34. The molecule has 1 heterocycles. The van der Waals surface area contributed by atoms with Gasteiger partial charge in [-0.3, -0.25) is 9.59 Å². The maximum Gasteiger partial charge on any atom is 0.325 e. The summed E-state index contributed by atoms with van der Waals surface area (Å²) >= 11 is 6.22. The predicted octanol–water partition coefficient (Wildman–Crippen LogP) is 4.12. The minimum absolute atomic E-state index is 0.0803. The number of hydrogen-bond acceptors (Lipinski definition) is 4. The van der Waals surface area contributed by atoms with Crippen LogP contribution in [0.25, 0.3) is 10.9 Å². The number of aromatic nitrogens is 1. The monoisotopic (exact) mass is 400 g/mol. The van der Waals surface area contributed by atoms with E-state index in [9.17, 15) is 14.0 Å². The van der Waals surface area contributed by atoms with Crippen molar-refractivity contribution in [3.05, 3.63) is 75.7 Å². The number of esters is 1. The van der Waals surface area contributed by atoms with Gasteiger partial charge < -0.3 is 10.1 Å². The van der Waals surface area contributed by atoms with Crippen LogP contribution in [0.5, 0.6) is 0 Å². The fourth-order valence-corrected chi connectivity index (χ4v) is 2.90. The average molecular weight is 401 g/mol. The van der Waals surface area contributed by atoms with Crippen molar-refractivity contribution in [1.29, 1.82) is 0 Å². The Bertz CT molecular complexity index is 1070. The molecule has 0 aliphatic heterocycles. The molecule has 0 aliphatic rings. The summed E-state index contributed by atoms with van der Waals surface area (Å²) in [4.78, 5) is 28.2. The summed E-state index contributed by atoms with van der Waals surface area (Å²) in [6.45, 7) is 3.50. The lowest BCUT2D eigenvalue weighted by atomic mass is 10.0. The number of amides is 1. The van der Waals surface area contributed by atoms with E-state index in [4.69, 9.17) is 16.3 Å². The first kappa shape index (κ1) is 19.8. The largest absolute Gasteiger partial charge is 0.459 e. The van der Waals surface area contributed by atoms with Crippen LogP contribution < -0.4 is 5.32 Å². The summed E-state index contributed by atoms with van der Waals surface area (Å²) in [5.41, 5.74) is 3.38. The van der Waals surface area contributed by atoms with E-state index in [1.54, 1.807) is 0 Å². The average Bonchev–Trinajstić information content (AvgIpc) is 2.68. The van der Waals surface area contributed by atoms with Crippen LogP contribution >= 0.6 is 11.6 Å². The van der Waals surface area contributed by atoms with E-state index in [0.717, 1.165) is 22.0 Å². The van der Waals surface area contributed by atoms with Crippen LogP contribution in [0.15, 0.2) is 42.5 Å². The molecule has 0 atom stereocenters. The van der Waals surface area contributed by atoms with Crippen molar-refractivity contribution in [2.75, 3.05) is 6.54 Å². The molecule has 2 aromatic carbocycles. The summed E-state index contributed by atoms with van der Waals surface area (Å²) in [6.07, 6.45) is 0. The zero-order chi connectivity index (χ0) is 20.3. The van der Waals surface area contributed by atoms with Crippen molar-refractivity contribution in [2.24, 2.45) is 0 Å². The number of fused-ring (bicyclic) bond motifs is 1. The van der Waals surface area contributed by atoms with Gasteiger partial charge >= 0.3 is 5.97 Å². The SMILES string of the molecule is Cc1ccc2cc(COC(=O)CNC(=O)c3ccccc3F)c(Cl)nc2c1C. The highest BCUT2D eigenvalue weighted by Gasteiger charge is 2.14. The smallest absolute Gasteiger partial charge is 0.325 e. The number of hydrogen-bond donors (Lipinski definition) is 1. The Morgan fingerprint density at radius 2 is 1.93 bits per heavy atom. The number of halogens is 2. The van der Waals surface area contributed by atoms with Crippen molar-refractivity contribution >= 4 is 34.4 Å². The summed E-state index contributed by atoms with van der Waals surface area (Å²) in [7, 11) is 0. The molecule has 3 rings (SSSR count). The molecule has 0 saturated carbocycles. The molecule has 28 heavy (non-hydrogen) atoms. The van der Waals surface area contributed by atoms with Gasteiger partial charge in [0.15, 0.2) is 0 Å². The Labute approximate surface area is 166 Å². The quantitative estimate of drug-likeness (QED) is 0.516. The molecule has 0 unspecified atom stereocenters. The Hall–Kier alpha value is -2.99. The van der Waals surface area contributed by atoms with Gasteiger partial charge in [0.25, 0.3) is 5.91 Å². The molecule has 0 radical (unpaired) electrons. The maximum absolute atomic E-state index is 13.6. The summed E-state index contributed by atoms with van der Waals surface area (Å²) in [6, 6.07) is 11.3. The molecule has 1 amide bonds. The Morgan fingerprint density at radius 1 is 1.18 bits per heavy atom. The predicted molar refractivity (Wildman–Crippen MR) is 105 cm³/mol. The van der Waals surface area contributed by atoms with Crippen LogP contribution in [0.4, 0.5) is 4.39 Å². The number of nitrogens with zero attached hydrogens (tertiary/aromatic N) is 1. The normalized spacial score (nSPS) is 10.7. The fraction of sp³-hybridized carbons (Fsp3) is 0.190. The molecule has 0 spiro atoms. The van der Waals surface area contributed by atoms with Crippen LogP contribution in [0.3, 0.4) is 0 Å². The highest BCUT2D eigenvalue weighted by molar-refractivity contribution is 6.30. The Morgan fingerprint density at radius 3 is 2.68 bits per heavy atom. The summed E-state index contributed by atoms with van der Waals surface area (Å²) in [5.74, 6) is -2.01. The van der Waals surface area contributed by atoms with Crippen LogP contribution in [0, 0.1) is 19.7 Å². The van der Waals surface area contributed by atoms with Gasteiger partial charge in [0.2, 0.25) is 0 Å². The van der Waals surface area contributed by atoms with E-state index in [1.807, 2.05) is 32.0 Å². The van der Waals surface area contributed by atoms with Gasteiger partial charge in [-0.1, -0.05) is 35.9 Å². The van der Waals surface area contributed by atoms with Crippen LogP contribution in [0.1, 0.15) is 27.0 Å². The third-order valence-electron chi connectivity index (χ3n) is 4.44. The van der Waals surface area contributed by atoms with Gasteiger partial charge in [0, 0.05) is 10.9 Å². The van der Waals surface area contributed by atoms with Crippen molar-refractivity contribution in [3.8, 4) is 0 Å². The lowest BCUT2D eigenvalue weighted by molar-refractivity contribution is -0.143. The molecule has 3 aromatic rings. The van der Waals surface area contributed by atoms with Gasteiger partial charge in [-0.05, 0) is 43.2 Å².